The molecule has 0 saturated carbocycles. The number of oxazole rings is 1. The van der Waals surface area contributed by atoms with Crippen LogP contribution < -0.4 is 10.5 Å². The van der Waals surface area contributed by atoms with Crippen LogP contribution in [0.1, 0.15) is 12.3 Å². The zero-order valence-electron chi connectivity index (χ0n) is 11.2. The molecule has 7 heteroatoms. The Labute approximate surface area is 118 Å². The second kappa shape index (κ2) is 6.17. The van der Waals surface area contributed by atoms with Crippen LogP contribution >= 0.6 is 0 Å². The summed E-state index contributed by atoms with van der Waals surface area (Å²) < 4.78 is 31.6. The van der Waals surface area contributed by atoms with Gasteiger partial charge < -0.3 is 10.2 Å². The summed E-state index contributed by atoms with van der Waals surface area (Å²) in [6.45, 7) is 2.54. The second-order valence-electron chi connectivity index (χ2n) is 4.32. The van der Waals surface area contributed by atoms with Crippen LogP contribution in [0.15, 0.2) is 39.8 Å². The summed E-state index contributed by atoms with van der Waals surface area (Å²) in [4.78, 5) is 4.41. The van der Waals surface area contributed by atoms with Gasteiger partial charge in [0, 0.05) is 19.0 Å². The van der Waals surface area contributed by atoms with Gasteiger partial charge in [0.15, 0.2) is 5.89 Å². The maximum absolute atomic E-state index is 12.0. The van der Waals surface area contributed by atoms with Gasteiger partial charge in [0.05, 0.1) is 4.90 Å². The SMILES string of the molecule is Cc1nc(-c2ccc(S(=O)(=O)NCCCN)cc2)co1. The van der Waals surface area contributed by atoms with Crippen molar-refractivity contribution in [2.75, 3.05) is 13.1 Å². The Balaban J connectivity index is 2.15. The van der Waals surface area contributed by atoms with Gasteiger partial charge in [-0.15, -0.1) is 0 Å². The first kappa shape index (κ1) is 14.7. The molecule has 0 aliphatic heterocycles. The van der Waals surface area contributed by atoms with E-state index in [0.717, 1.165) is 5.56 Å². The third kappa shape index (κ3) is 3.44. The maximum atomic E-state index is 12.0. The molecule has 1 aromatic heterocycles. The van der Waals surface area contributed by atoms with Crippen LogP contribution in [-0.4, -0.2) is 26.5 Å². The lowest BCUT2D eigenvalue weighted by atomic mass is 10.2. The molecule has 0 atom stereocenters. The van der Waals surface area contributed by atoms with E-state index in [1.54, 1.807) is 37.5 Å². The van der Waals surface area contributed by atoms with Gasteiger partial charge in [-0.1, -0.05) is 12.1 Å². The van der Waals surface area contributed by atoms with Crippen molar-refractivity contribution in [2.45, 2.75) is 18.2 Å². The van der Waals surface area contributed by atoms with Crippen LogP contribution in [0.3, 0.4) is 0 Å². The summed E-state index contributed by atoms with van der Waals surface area (Å²) >= 11 is 0. The van der Waals surface area contributed by atoms with Crippen molar-refractivity contribution in [3.05, 3.63) is 36.4 Å². The van der Waals surface area contributed by atoms with Crippen LogP contribution in [0.4, 0.5) is 0 Å². The third-order valence-electron chi connectivity index (χ3n) is 2.75. The van der Waals surface area contributed by atoms with Gasteiger partial charge in [0.1, 0.15) is 12.0 Å². The number of nitrogens with zero attached hydrogens (tertiary/aromatic N) is 1. The molecule has 0 unspecified atom stereocenters. The Kier molecular flexibility index (Phi) is 4.53. The number of hydrogen-bond donors (Lipinski definition) is 2. The van der Waals surface area contributed by atoms with Gasteiger partial charge >= 0.3 is 0 Å². The number of rotatable bonds is 6. The molecule has 2 aromatic rings. The fourth-order valence-corrected chi connectivity index (χ4v) is 2.77. The van der Waals surface area contributed by atoms with Crippen molar-refractivity contribution in [3.8, 4) is 11.3 Å². The van der Waals surface area contributed by atoms with Gasteiger partial charge in [0.2, 0.25) is 10.0 Å². The van der Waals surface area contributed by atoms with Gasteiger partial charge in [-0.25, -0.2) is 18.1 Å². The largest absolute Gasteiger partial charge is 0.449 e. The Hall–Kier alpha value is -1.70. The maximum Gasteiger partial charge on any atom is 0.240 e. The summed E-state index contributed by atoms with van der Waals surface area (Å²) in [5.74, 6) is 0.570. The van der Waals surface area contributed by atoms with E-state index >= 15 is 0 Å². The van der Waals surface area contributed by atoms with E-state index in [2.05, 4.69) is 9.71 Å². The second-order valence-corrected chi connectivity index (χ2v) is 6.08. The third-order valence-corrected chi connectivity index (χ3v) is 4.23. The van der Waals surface area contributed by atoms with E-state index in [-0.39, 0.29) is 4.90 Å². The highest BCUT2D eigenvalue weighted by molar-refractivity contribution is 7.89. The van der Waals surface area contributed by atoms with Gasteiger partial charge in [-0.3, -0.25) is 0 Å². The minimum atomic E-state index is -3.48. The highest BCUT2D eigenvalue weighted by Crippen LogP contribution is 2.20. The molecule has 2 rings (SSSR count). The number of nitrogens with two attached hydrogens (primary N) is 1. The Morgan fingerprint density at radius 2 is 2.00 bits per heavy atom. The van der Waals surface area contributed by atoms with E-state index < -0.39 is 10.0 Å². The Morgan fingerprint density at radius 1 is 1.30 bits per heavy atom. The van der Waals surface area contributed by atoms with Gasteiger partial charge in [-0.05, 0) is 25.1 Å². The normalized spacial score (nSPS) is 11.7. The lowest BCUT2D eigenvalue weighted by molar-refractivity contribution is 0.521. The monoisotopic (exact) mass is 295 g/mol. The predicted octanol–water partition coefficient (Wildman–Crippen LogP) is 1.28. The fourth-order valence-electron chi connectivity index (χ4n) is 1.69. The summed E-state index contributed by atoms with van der Waals surface area (Å²) in [7, 11) is -3.48. The molecular weight excluding hydrogens is 278 g/mol. The van der Waals surface area contributed by atoms with Crippen molar-refractivity contribution in [1.29, 1.82) is 0 Å². The molecule has 3 N–H and O–H groups in total. The number of benzene rings is 1. The number of aryl methyl sites for hydroxylation is 1. The molecular formula is C13H17N3O3S. The molecule has 0 bridgehead atoms. The molecule has 0 amide bonds. The van der Waals surface area contributed by atoms with E-state index in [4.69, 9.17) is 10.2 Å². The predicted molar refractivity (Wildman–Crippen MR) is 75.5 cm³/mol. The Bertz CT molecular complexity index is 662. The smallest absolute Gasteiger partial charge is 0.240 e. The van der Waals surface area contributed by atoms with Crippen LogP contribution in [0.2, 0.25) is 0 Å². The number of sulfonamides is 1. The molecule has 0 saturated heterocycles. The lowest BCUT2D eigenvalue weighted by Gasteiger charge is -2.06. The lowest BCUT2D eigenvalue weighted by Crippen LogP contribution is -2.26. The van der Waals surface area contributed by atoms with Crippen LogP contribution in [-0.2, 0) is 10.0 Å². The molecule has 108 valence electrons. The Morgan fingerprint density at radius 3 is 2.55 bits per heavy atom. The summed E-state index contributed by atoms with van der Waals surface area (Å²) in [6, 6.07) is 6.50. The molecule has 20 heavy (non-hydrogen) atoms. The molecule has 1 aromatic carbocycles. The summed E-state index contributed by atoms with van der Waals surface area (Å²) in [5.41, 5.74) is 6.82. The van der Waals surface area contributed by atoms with Crippen molar-refractivity contribution in [3.63, 3.8) is 0 Å². The van der Waals surface area contributed by atoms with Crippen LogP contribution in [0.25, 0.3) is 11.3 Å². The van der Waals surface area contributed by atoms with E-state index in [9.17, 15) is 8.42 Å². The van der Waals surface area contributed by atoms with E-state index in [0.29, 0.717) is 31.1 Å². The minimum absolute atomic E-state index is 0.221. The van der Waals surface area contributed by atoms with Crippen molar-refractivity contribution < 1.29 is 12.8 Å². The highest BCUT2D eigenvalue weighted by Gasteiger charge is 2.13. The summed E-state index contributed by atoms with van der Waals surface area (Å²) in [5, 5.41) is 0. The first-order valence-corrected chi connectivity index (χ1v) is 7.73. The first-order valence-electron chi connectivity index (χ1n) is 6.25. The molecule has 0 aliphatic rings. The average molecular weight is 295 g/mol. The zero-order chi connectivity index (χ0) is 14.6. The molecule has 0 radical (unpaired) electrons. The minimum Gasteiger partial charge on any atom is -0.449 e. The van der Waals surface area contributed by atoms with Gasteiger partial charge in [0.25, 0.3) is 0 Å². The van der Waals surface area contributed by atoms with E-state index in [1.807, 2.05) is 0 Å². The van der Waals surface area contributed by atoms with Crippen molar-refractivity contribution >= 4 is 10.0 Å². The average Bonchev–Trinajstić information content (AvgIpc) is 2.86. The van der Waals surface area contributed by atoms with Crippen molar-refractivity contribution in [1.82, 2.24) is 9.71 Å². The molecule has 6 nitrogen and oxygen atoms in total. The van der Waals surface area contributed by atoms with Crippen LogP contribution in [0.5, 0.6) is 0 Å². The molecule has 0 aliphatic carbocycles. The molecule has 0 fully saturated rings. The topological polar surface area (TPSA) is 98.2 Å². The molecule has 1 heterocycles. The number of aromatic nitrogens is 1. The number of hydrogen-bond acceptors (Lipinski definition) is 5. The quantitative estimate of drug-likeness (QED) is 0.782. The first-order chi connectivity index (χ1) is 9.53. The van der Waals surface area contributed by atoms with Crippen LogP contribution in [0, 0.1) is 6.92 Å². The molecule has 0 spiro atoms. The van der Waals surface area contributed by atoms with E-state index in [1.165, 1.54) is 0 Å². The zero-order valence-corrected chi connectivity index (χ0v) is 12.0. The number of nitrogens with one attached hydrogen (secondary N) is 1. The standard InChI is InChI=1S/C13H17N3O3S/c1-10-16-13(9-19-10)11-3-5-12(6-4-11)20(17,18)15-8-2-7-14/h3-6,9,15H,2,7-8,14H2,1H3. The summed E-state index contributed by atoms with van der Waals surface area (Å²) in [6.07, 6.45) is 2.15. The fraction of sp³-hybridized carbons (Fsp3) is 0.308. The van der Waals surface area contributed by atoms with Crippen molar-refractivity contribution in [2.24, 2.45) is 5.73 Å². The highest BCUT2D eigenvalue weighted by atomic mass is 32.2. The van der Waals surface area contributed by atoms with Gasteiger partial charge in [-0.2, -0.15) is 0 Å².